The van der Waals surface area contributed by atoms with Crippen LogP contribution in [0.4, 0.5) is 5.82 Å². The Hall–Kier alpha value is -1.44. The van der Waals surface area contributed by atoms with Crippen LogP contribution < -0.4 is 5.32 Å². The molecule has 0 saturated carbocycles. The summed E-state index contributed by atoms with van der Waals surface area (Å²) in [7, 11) is -1.84. The van der Waals surface area contributed by atoms with Gasteiger partial charge in [-0.25, -0.2) is 13.4 Å². The molecule has 0 saturated heterocycles. The van der Waals surface area contributed by atoms with Gasteiger partial charge in [-0.15, -0.1) is 11.3 Å². The molecule has 20 heavy (non-hydrogen) atoms. The van der Waals surface area contributed by atoms with Crippen molar-refractivity contribution in [3.05, 3.63) is 40.2 Å². The fraction of sp³-hybridized carbons (Fsp3) is 0.308. The average molecular weight is 309 g/mol. The van der Waals surface area contributed by atoms with Crippen molar-refractivity contribution in [2.45, 2.75) is 17.9 Å². The van der Waals surface area contributed by atoms with Gasteiger partial charge in [-0.3, -0.25) is 0 Å². The normalized spacial score (nSPS) is 15.8. The molecule has 1 N–H and O–H groups in total. The number of aromatic nitrogens is 1. The minimum Gasteiger partial charge on any atom is -0.372 e. The van der Waals surface area contributed by atoms with Gasteiger partial charge in [0, 0.05) is 31.2 Å². The fourth-order valence-corrected chi connectivity index (χ4v) is 4.81. The van der Waals surface area contributed by atoms with Crippen molar-refractivity contribution in [1.82, 2.24) is 9.29 Å². The zero-order chi connectivity index (χ0) is 14.2. The lowest BCUT2D eigenvalue weighted by atomic mass is 10.1. The van der Waals surface area contributed by atoms with Crippen LogP contribution in [0, 0.1) is 0 Å². The number of nitrogens with one attached hydrogen (secondary N) is 1. The zero-order valence-corrected chi connectivity index (χ0v) is 12.7. The Balaban J connectivity index is 1.97. The van der Waals surface area contributed by atoms with E-state index in [1.807, 2.05) is 11.4 Å². The van der Waals surface area contributed by atoms with Gasteiger partial charge in [0.25, 0.3) is 0 Å². The highest BCUT2D eigenvalue weighted by Crippen LogP contribution is 2.29. The van der Waals surface area contributed by atoms with Crippen LogP contribution in [0.25, 0.3) is 0 Å². The quantitative estimate of drug-likeness (QED) is 0.941. The molecule has 7 heteroatoms. The van der Waals surface area contributed by atoms with E-state index >= 15 is 0 Å². The molecular weight excluding hydrogens is 294 g/mol. The molecule has 0 aromatic carbocycles. The van der Waals surface area contributed by atoms with E-state index in [2.05, 4.69) is 10.3 Å². The molecule has 0 aliphatic carbocycles. The number of pyridine rings is 1. The maximum Gasteiger partial charge on any atom is 0.247 e. The highest BCUT2D eigenvalue weighted by molar-refractivity contribution is 7.89. The van der Waals surface area contributed by atoms with E-state index in [4.69, 9.17) is 0 Å². The van der Waals surface area contributed by atoms with Crippen molar-refractivity contribution in [2.75, 3.05) is 18.9 Å². The number of rotatable bonds is 3. The van der Waals surface area contributed by atoms with Gasteiger partial charge < -0.3 is 5.32 Å². The first-order chi connectivity index (χ1) is 9.63. The van der Waals surface area contributed by atoms with Gasteiger partial charge in [-0.2, -0.15) is 4.31 Å². The number of sulfonamides is 1. The molecule has 5 nitrogen and oxygen atoms in total. The minimum absolute atomic E-state index is 0.237. The molecule has 0 unspecified atom stereocenters. The summed E-state index contributed by atoms with van der Waals surface area (Å²) in [5, 5.41) is 4.86. The van der Waals surface area contributed by atoms with Crippen molar-refractivity contribution >= 4 is 27.2 Å². The van der Waals surface area contributed by atoms with Crippen molar-refractivity contribution in [2.24, 2.45) is 0 Å². The highest BCUT2D eigenvalue weighted by Gasteiger charge is 2.30. The largest absolute Gasteiger partial charge is 0.372 e. The maximum atomic E-state index is 12.7. The summed E-state index contributed by atoms with van der Waals surface area (Å²) in [6, 6.07) is 5.24. The molecule has 2 aromatic heterocycles. The van der Waals surface area contributed by atoms with Crippen LogP contribution in [0.3, 0.4) is 0 Å². The molecule has 0 amide bonds. The fourth-order valence-electron chi connectivity index (χ4n) is 2.35. The van der Waals surface area contributed by atoms with Gasteiger partial charge in [-0.05, 0) is 35.6 Å². The van der Waals surface area contributed by atoms with Gasteiger partial charge in [0.05, 0.1) is 0 Å². The standard InChI is InChI=1S/C13H15N3O2S2/c1-14-13-12(3-2-6-15-13)20(17,18)16-7-4-11-10(9-16)5-8-19-11/h2-3,5-6,8H,4,7,9H2,1H3,(H,14,15). The first-order valence-electron chi connectivity index (χ1n) is 6.31. The Kier molecular flexibility index (Phi) is 3.49. The minimum atomic E-state index is -3.51. The monoisotopic (exact) mass is 309 g/mol. The smallest absolute Gasteiger partial charge is 0.247 e. The molecule has 0 spiro atoms. The second-order valence-corrected chi connectivity index (χ2v) is 7.46. The Morgan fingerprint density at radius 1 is 1.40 bits per heavy atom. The second kappa shape index (κ2) is 5.16. The third-order valence-electron chi connectivity index (χ3n) is 3.40. The van der Waals surface area contributed by atoms with E-state index in [1.165, 1.54) is 9.18 Å². The van der Waals surface area contributed by atoms with Gasteiger partial charge >= 0.3 is 0 Å². The van der Waals surface area contributed by atoms with E-state index < -0.39 is 10.0 Å². The van der Waals surface area contributed by atoms with E-state index in [0.717, 1.165) is 12.0 Å². The third-order valence-corrected chi connectivity index (χ3v) is 6.30. The molecule has 1 aliphatic rings. The second-order valence-electron chi connectivity index (χ2n) is 4.56. The van der Waals surface area contributed by atoms with Crippen LogP contribution in [-0.2, 0) is 23.0 Å². The Morgan fingerprint density at radius 3 is 3.05 bits per heavy atom. The third kappa shape index (κ3) is 2.21. The van der Waals surface area contributed by atoms with Crippen molar-refractivity contribution in [3.8, 4) is 0 Å². The van der Waals surface area contributed by atoms with Crippen molar-refractivity contribution < 1.29 is 8.42 Å². The van der Waals surface area contributed by atoms with Gasteiger partial charge in [0.2, 0.25) is 10.0 Å². The van der Waals surface area contributed by atoms with Crippen LogP contribution in [0.5, 0.6) is 0 Å². The lowest BCUT2D eigenvalue weighted by Gasteiger charge is -2.26. The average Bonchev–Trinajstić information content (AvgIpc) is 2.94. The summed E-state index contributed by atoms with van der Waals surface area (Å²) in [6.07, 6.45) is 2.36. The molecular formula is C13H15N3O2S2. The van der Waals surface area contributed by atoms with Gasteiger partial charge in [0.1, 0.15) is 10.7 Å². The summed E-state index contributed by atoms with van der Waals surface area (Å²) in [5.41, 5.74) is 1.11. The molecule has 106 valence electrons. The van der Waals surface area contributed by atoms with Crippen molar-refractivity contribution in [1.29, 1.82) is 0 Å². The molecule has 3 heterocycles. The predicted molar refractivity (Wildman–Crippen MR) is 79.4 cm³/mol. The summed E-state index contributed by atoms with van der Waals surface area (Å²) >= 11 is 1.70. The maximum absolute atomic E-state index is 12.7. The molecule has 1 aliphatic heterocycles. The van der Waals surface area contributed by atoms with Gasteiger partial charge in [0.15, 0.2) is 0 Å². The summed E-state index contributed by atoms with van der Waals surface area (Å²) < 4.78 is 27.0. The Bertz CT molecular complexity index is 725. The number of thiophene rings is 1. The first kappa shape index (κ1) is 13.5. The molecule has 0 fully saturated rings. The van der Waals surface area contributed by atoms with E-state index in [9.17, 15) is 8.42 Å². The van der Waals surface area contributed by atoms with E-state index in [1.54, 1.807) is 36.7 Å². The van der Waals surface area contributed by atoms with E-state index in [-0.39, 0.29) is 4.90 Å². The summed E-state index contributed by atoms with van der Waals surface area (Å²) in [4.78, 5) is 5.60. The Labute approximate surface area is 122 Å². The molecule has 0 atom stereocenters. The van der Waals surface area contributed by atoms with Crippen LogP contribution in [-0.4, -0.2) is 31.3 Å². The topological polar surface area (TPSA) is 62.3 Å². The molecule has 0 radical (unpaired) electrons. The van der Waals surface area contributed by atoms with Crippen molar-refractivity contribution in [3.63, 3.8) is 0 Å². The van der Waals surface area contributed by atoms with Crippen LogP contribution >= 0.6 is 11.3 Å². The highest BCUT2D eigenvalue weighted by atomic mass is 32.2. The summed E-state index contributed by atoms with van der Waals surface area (Å²) in [6.45, 7) is 0.965. The molecule has 0 bridgehead atoms. The molecule has 2 aromatic rings. The van der Waals surface area contributed by atoms with Crippen LogP contribution in [0.2, 0.25) is 0 Å². The predicted octanol–water partition coefficient (Wildman–Crippen LogP) is 1.93. The number of hydrogen-bond donors (Lipinski definition) is 1. The molecule has 3 rings (SSSR count). The van der Waals surface area contributed by atoms with Crippen LogP contribution in [0.15, 0.2) is 34.7 Å². The SMILES string of the molecule is CNc1ncccc1S(=O)(=O)N1CCc2sccc2C1. The lowest BCUT2D eigenvalue weighted by Crippen LogP contribution is -2.35. The number of nitrogens with zero attached hydrogens (tertiary/aromatic N) is 2. The number of fused-ring (bicyclic) bond motifs is 1. The lowest BCUT2D eigenvalue weighted by molar-refractivity contribution is 0.394. The van der Waals surface area contributed by atoms with E-state index in [0.29, 0.717) is 18.9 Å². The number of hydrogen-bond acceptors (Lipinski definition) is 5. The summed E-state index contributed by atoms with van der Waals surface area (Å²) in [5.74, 6) is 0.392. The Morgan fingerprint density at radius 2 is 2.25 bits per heavy atom. The van der Waals surface area contributed by atoms with Crippen LogP contribution in [0.1, 0.15) is 10.4 Å². The first-order valence-corrected chi connectivity index (χ1v) is 8.63. The van der Waals surface area contributed by atoms with Gasteiger partial charge in [-0.1, -0.05) is 0 Å². The zero-order valence-electron chi connectivity index (χ0n) is 11.0. The number of anilines is 1.